The molecule has 0 saturated heterocycles. The van der Waals surface area contributed by atoms with E-state index in [2.05, 4.69) is 5.32 Å². The van der Waals surface area contributed by atoms with Gasteiger partial charge in [0, 0.05) is 23.7 Å². The normalized spacial score (nSPS) is 10.1. The van der Waals surface area contributed by atoms with Crippen molar-refractivity contribution >= 4 is 35.6 Å². The molecule has 0 spiro atoms. The predicted molar refractivity (Wildman–Crippen MR) is 79.9 cm³/mol. The van der Waals surface area contributed by atoms with Crippen LogP contribution in [0.25, 0.3) is 0 Å². The van der Waals surface area contributed by atoms with Crippen molar-refractivity contribution in [1.82, 2.24) is 5.32 Å². The summed E-state index contributed by atoms with van der Waals surface area (Å²) in [4.78, 5) is 0. The number of ether oxygens (including phenoxy) is 2. The van der Waals surface area contributed by atoms with Gasteiger partial charge in [-0.05, 0) is 12.1 Å². The Bertz CT molecular complexity index is 377. The van der Waals surface area contributed by atoms with Crippen molar-refractivity contribution in [2.24, 2.45) is 0 Å². The molecule has 0 aliphatic rings. The van der Waals surface area contributed by atoms with E-state index in [-0.39, 0.29) is 19.0 Å². The summed E-state index contributed by atoms with van der Waals surface area (Å²) in [6.07, 6.45) is 0. The highest BCUT2D eigenvalue weighted by Gasteiger charge is 2.09. The van der Waals surface area contributed by atoms with E-state index in [1.165, 1.54) is 0 Å². The van der Waals surface area contributed by atoms with Crippen LogP contribution in [0.4, 0.5) is 0 Å². The molecule has 0 aliphatic heterocycles. The minimum absolute atomic E-state index is 0. The van der Waals surface area contributed by atoms with Crippen molar-refractivity contribution in [3.05, 3.63) is 27.7 Å². The Labute approximate surface area is 129 Å². The van der Waals surface area contributed by atoms with Gasteiger partial charge in [0.1, 0.15) is 5.75 Å². The Morgan fingerprint density at radius 3 is 2.63 bits per heavy atom. The molecule has 1 rings (SSSR count). The number of aliphatic hydroxyl groups excluding tert-OH is 1. The third-order valence-electron chi connectivity index (χ3n) is 2.26. The van der Waals surface area contributed by atoms with Gasteiger partial charge in [0.15, 0.2) is 0 Å². The van der Waals surface area contributed by atoms with Gasteiger partial charge in [0.2, 0.25) is 0 Å². The van der Waals surface area contributed by atoms with Crippen molar-refractivity contribution in [3.8, 4) is 5.75 Å². The average Bonchev–Trinajstić information content (AvgIpc) is 2.33. The van der Waals surface area contributed by atoms with E-state index in [0.717, 1.165) is 5.56 Å². The Kier molecular flexibility index (Phi) is 10.4. The Hall–Kier alpha value is -0.230. The molecule has 4 nitrogen and oxygen atoms in total. The third kappa shape index (κ3) is 6.65. The minimum Gasteiger partial charge on any atom is -0.495 e. The van der Waals surface area contributed by atoms with E-state index in [1.807, 2.05) is 6.07 Å². The molecule has 0 amide bonds. The summed E-state index contributed by atoms with van der Waals surface area (Å²) in [6, 6.07) is 3.46. The second kappa shape index (κ2) is 10.5. The quantitative estimate of drug-likeness (QED) is 0.719. The molecular weight excluding hydrogens is 312 g/mol. The van der Waals surface area contributed by atoms with E-state index in [4.69, 9.17) is 37.8 Å². The lowest BCUT2D eigenvalue weighted by Gasteiger charge is -2.12. The molecule has 0 unspecified atom stereocenters. The highest BCUT2D eigenvalue weighted by atomic mass is 35.5. The van der Waals surface area contributed by atoms with E-state index >= 15 is 0 Å². The first kappa shape index (κ1) is 18.8. The maximum absolute atomic E-state index is 8.54. The lowest BCUT2D eigenvalue weighted by molar-refractivity contribution is 0.0938. The van der Waals surface area contributed by atoms with Gasteiger partial charge in [-0.2, -0.15) is 0 Å². The monoisotopic (exact) mass is 329 g/mol. The molecule has 0 atom stereocenters. The highest BCUT2D eigenvalue weighted by molar-refractivity contribution is 6.35. The van der Waals surface area contributed by atoms with Crippen LogP contribution in [-0.4, -0.2) is 38.6 Å². The molecule has 7 heteroatoms. The van der Waals surface area contributed by atoms with Crippen LogP contribution in [-0.2, 0) is 11.3 Å². The molecule has 0 radical (unpaired) electrons. The van der Waals surface area contributed by atoms with Gasteiger partial charge >= 0.3 is 0 Å². The number of aliphatic hydroxyl groups is 1. The highest BCUT2D eigenvalue weighted by Crippen LogP contribution is 2.31. The zero-order chi connectivity index (χ0) is 13.4. The number of methoxy groups -OCH3 is 1. The molecule has 19 heavy (non-hydrogen) atoms. The van der Waals surface area contributed by atoms with Crippen LogP contribution in [0.15, 0.2) is 12.1 Å². The summed E-state index contributed by atoms with van der Waals surface area (Å²) >= 11 is 12.0. The maximum Gasteiger partial charge on any atom is 0.142 e. The van der Waals surface area contributed by atoms with E-state index in [9.17, 15) is 0 Å². The first-order valence-corrected chi connectivity index (χ1v) is 6.36. The molecular formula is C12H18Cl3NO3. The molecule has 1 aromatic carbocycles. The third-order valence-corrected chi connectivity index (χ3v) is 2.76. The Balaban J connectivity index is 0.00000324. The first-order valence-electron chi connectivity index (χ1n) is 5.60. The summed E-state index contributed by atoms with van der Waals surface area (Å²) in [5.74, 6) is 0.629. The Morgan fingerprint density at radius 2 is 2.00 bits per heavy atom. The molecule has 2 N–H and O–H groups in total. The largest absolute Gasteiger partial charge is 0.495 e. The SMILES string of the molecule is COc1c(Cl)cc(Cl)cc1CNCCOCCO.Cl. The topological polar surface area (TPSA) is 50.7 Å². The van der Waals surface area contributed by atoms with Crippen molar-refractivity contribution in [2.75, 3.05) is 33.5 Å². The number of halogens is 3. The average molecular weight is 331 g/mol. The van der Waals surface area contributed by atoms with Crippen LogP contribution in [0, 0.1) is 0 Å². The number of rotatable bonds is 8. The van der Waals surface area contributed by atoms with E-state index in [0.29, 0.717) is 42.1 Å². The number of hydrogen-bond donors (Lipinski definition) is 2. The smallest absolute Gasteiger partial charge is 0.142 e. The number of benzene rings is 1. The fourth-order valence-electron chi connectivity index (χ4n) is 1.51. The lowest BCUT2D eigenvalue weighted by atomic mass is 10.2. The summed E-state index contributed by atoms with van der Waals surface area (Å²) in [7, 11) is 1.57. The van der Waals surface area contributed by atoms with Gasteiger partial charge in [-0.15, -0.1) is 12.4 Å². The summed E-state index contributed by atoms with van der Waals surface area (Å²) < 4.78 is 10.4. The molecule has 1 aromatic rings. The molecule has 0 bridgehead atoms. The van der Waals surface area contributed by atoms with Gasteiger partial charge < -0.3 is 19.9 Å². The summed E-state index contributed by atoms with van der Waals surface area (Å²) in [5.41, 5.74) is 0.900. The van der Waals surface area contributed by atoms with Crippen LogP contribution in [0.3, 0.4) is 0 Å². The van der Waals surface area contributed by atoms with Gasteiger partial charge in [-0.3, -0.25) is 0 Å². The van der Waals surface area contributed by atoms with Crippen LogP contribution in [0.1, 0.15) is 5.56 Å². The molecule has 0 saturated carbocycles. The van der Waals surface area contributed by atoms with Gasteiger partial charge in [0.05, 0.1) is 32.0 Å². The van der Waals surface area contributed by atoms with E-state index in [1.54, 1.807) is 13.2 Å². The molecule has 0 heterocycles. The van der Waals surface area contributed by atoms with Crippen molar-refractivity contribution in [2.45, 2.75) is 6.54 Å². The molecule has 0 fully saturated rings. The summed E-state index contributed by atoms with van der Waals surface area (Å²) in [6.45, 7) is 2.20. The van der Waals surface area contributed by atoms with E-state index < -0.39 is 0 Å². The molecule has 110 valence electrons. The van der Waals surface area contributed by atoms with Crippen LogP contribution in [0.5, 0.6) is 5.75 Å². The lowest BCUT2D eigenvalue weighted by Crippen LogP contribution is -2.20. The van der Waals surface area contributed by atoms with Gasteiger partial charge in [-0.1, -0.05) is 23.2 Å². The van der Waals surface area contributed by atoms with Gasteiger partial charge in [0.25, 0.3) is 0 Å². The van der Waals surface area contributed by atoms with Crippen molar-refractivity contribution in [3.63, 3.8) is 0 Å². The van der Waals surface area contributed by atoms with Gasteiger partial charge in [-0.25, -0.2) is 0 Å². The fourth-order valence-corrected chi connectivity index (χ4v) is 2.12. The zero-order valence-electron chi connectivity index (χ0n) is 10.6. The second-order valence-electron chi connectivity index (χ2n) is 3.59. The zero-order valence-corrected chi connectivity index (χ0v) is 12.9. The number of hydrogen-bond acceptors (Lipinski definition) is 4. The second-order valence-corrected chi connectivity index (χ2v) is 4.44. The minimum atomic E-state index is 0. The standard InChI is InChI=1S/C12H17Cl2NO3.ClH/c1-17-12-9(6-10(13)7-11(12)14)8-15-2-4-18-5-3-16;/h6-7,15-16H,2-5,8H2,1H3;1H. The molecule has 0 aromatic heterocycles. The first-order chi connectivity index (χ1) is 8.69. The Morgan fingerprint density at radius 1 is 1.26 bits per heavy atom. The van der Waals surface area contributed by atoms with Crippen LogP contribution >= 0.6 is 35.6 Å². The fraction of sp³-hybridized carbons (Fsp3) is 0.500. The molecule has 0 aliphatic carbocycles. The number of nitrogens with one attached hydrogen (secondary N) is 1. The maximum atomic E-state index is 8.54. The van der Waals surface area contributed by atoms with Crippen molar-refractivity contribution in [1.29, 1.82) is 0 Å². The van der Waals surface area contributed by atoms with Crippen LogP contribution in [0.2, 0.25) is 10.0 Å². The predicted octanol–water partition coefficient (Wildman–Crippen LogP) is 2.52. The summed E-state index contributed by atoms with van der Waals surface area (Å²) in [5, 5.41) is 12.8. The van der Waals surface area contributed by atoms with Crippen molar-refractivity contribution < 1.29 is 14.6 Å². The van der Waals surface area contributed by atoms with Crippen LogP contribution < -0.4 is 10.1 Å².